The summed E-state index contributed by atoms with van der Waals surface area (Å²) in [5.74, 6) is -2.30. The van der Waals surface area contributed by atoms with Gasteiger partial charge in [0.05, 0.1) is 18.7 Å². The molecule has 3 rings (SSSR count). The van der Waals surface area contributed by atoms with Gasteiger partial charge in [0, 0.05) is 10.6 Å². The minimum absolute atomic E-state index is 0.0602. The van der Waals surface area contributed by atoms with E-state index in [1.807, 2.05) is 0 Å². The van der Waals surface area contributed by atoms with Crippen molar-refractivity contribution in [3.8, 4) is 11.4 Å². The predicted molar refractivity (Wildman–Crippen MR) is 155 cm³/mol. The van der Waals surface area contributed by atoms with E-state index in [1.165, 1.54) is 24.3 Å². The number of aliphatic hydroxyl groups is 1. The molecule has 12 nitrogen and oxygen atoms in total. The lowest BCUT2D eigenvalue weighted by Crippen LogP contribution is -2.54. The summed E-state index contributed by atoms with van der Waals surface area (Å²) in [7, 11) is 0. The molecule has 2 atom stereocenters. The summed E-state index contributed by atoms with van der Waals surface area (Å²) >= 11 is 5.88. The van der Waals surface area contributed by atoms with Crippen molar-refractivity contribution in [3.05, 3.63) is 75.2 Å². The van der Waals surface area contributed by atoms with Crippen molar-refractivity contribution in [3.63, 3.8) is 0 Å². The van der Waals surface area contributed by atoms with Gasteiger partial charge in [-0.05, 0) is 54.8 Å². The zero-order valence-corrected chi connectivity index (χ0v) is 25.7. The number of carbonyl (C=O) groups is 2. The molecule has 0 unspecified atom stereocenters. The summed E-state index contributed by atoms with van der Waals surface area (Å²) in [4.78, 5) is 43.0. The van der Waals surface area contributed by atoms with Crippen molar-refractivity contribution in [1.82, 2.24) is 19.7 Å². The van der Waals surface area contributed by atoms with Gasteiger partial charge in [-0.15, -0.1) is 5.10 Å². The number of carbonyl (C=O) groups excluding carboxylic acids is 2. The molecule has 256 valence electrons. The second kappa shape index (κ2) is 14.5. The fourth-order valence-electron chi connectivity index (χ4n) is 3.98. The number of halogens is 7. The predicted octanol–water partition coefficient (Wildman–Crippen LogP) is 4.42. The van der Waals surface area contributed by atoms with Crippen LogP contribution >= 0.6 is 11.6 Å². The number of aromatic nitrogens is 3. The van der Waals surface area contributed by atoms with Crippen LogP contribution in [0, 0.1) is 5.92 Å². The van der Waals surface area contributed by atoms with E-state index in [0.29, 0.717) is 15.3 Å². The Morgan fingerprint density at radius 2 is 1.70 bits per heavy atom. The highest BCUT2D eigenvalue weighted by molar-refractivity contribution is 6.30. The molecule has 47 heavy (non-hydrogen) atoms. The van der Waals surface area contributed by atoms with Gasteiger partial charge in [-0.2, -0.15) is 26.3 Å². The summed E-state index contributed by atoms with van der Waals surface area (Å²) in [6, 6.07) is 8.97. The normalized spacial score (nSPS) is 14.4. The van der Waals surface area contributed by atoms with Crippen molar-refractivity contribution in [2.24, 2.45) is 16.8 Å². The van der Waals surface area contributed by atoms with Crippen LogP contribution in [0.3, 0.4) is 0 Å². The van der Waals surface area contributed by atoms with Crippen LogP contribution in [-0.4, -0.2) is 56.2 Å². The third-order valence-corrected chi connectivity index (χ3v) is 6.73. The Labute approximate surface area is 267 Å². The smallest absolute Gasteiger partial charge is 0.432 e. The number of alkyl halides is 6. The number of nitrogens with one attached hydrogen (secondary N) is 1. The summed E-state index contributed by atoms with van der Waals surface area (Å²) in [5, 5.41) is 19.6. The van der Waals surface area contributed by atoms with Crippen molar-refractivity contribution in [2.45, 2.75) is 57.9 Å². The fraction of sp³-hybridized carbons (Fsp3) is 0.393. The number of hydrogen-bond donors (Lipinski definition) is 3. The van der Waals surface area contributed by atoms with Gasteiger partial charge < -0.3 is 20.9 Å². The van der Waals surface area contributed by atoms with Crippen LogP contribution in [0.25, 0.3) is 11.4 Å². The van der Waals surface area contributed by atoms with Crippen molar-refractivity contribution in [1.29, 1.82) is 0 Å². The van der Waals surface area contributed by atoms with Crippen LogP contribution in [0.1, 0.15) is 31.9 Å². The molecule has 0 spiro atoms. The first-order chi connectivity index (χ1) is 21.7. The Kier molecular flexibility index (Phi) is 11.3. The van der Waals surface area contributed by atoms with Gasteiger partial charge in [-0.3, -0.25) is 14.2 Å². The molecule has 4 N–H and O–H groups in total. The van der Waals surface area contributed by atoms with E-state index < -0.39 is 66.2 Å². The Hall–Kier alpha value is -4.58. The van der Waals surface area contributed by atoms with E-state index in [4.69, 9.17) is 22.1 Å². The third kappa shape index (κ3) is 9.47. The van der Waals surface area contributed by atoms with E-state index in [2.05, 4.69) is 20.4 Å². The summed E-state index contributed by atoms with van der Waals surface area (Å²) < 4.78 is 85.9. The first-order valence-electron chi connectivity index (χ1n) is 13.6. The monoisotopic (exact) mass is 694 g/mol. The number of nitrogens with two attached hydrogens (primary N) is 1. The lowest BCUT2D eigenvalue weighted by atomic mass is 9.89. The molecule has 3 aromatic rings. The lowest BCUT2D eigenvalue weighted by molar-refractivity contribution is -0.207. The maximum absolute atomic E-state index is 13.5. The summed E-state index contributed by atoms with van der Waals surface area (Å²) in [6.07, 6.45) is -14.2. The van der Waals surface area contributed by atoms with Crippen molar-refractivity contribution in [2.75, 3.05) is 6.61 Å². The van der Waals surface area contributed by atoms with Gasteiger partial charge in [-0.25, -0.2) is 14.3 Å². The Morgan fingerprint density at radius 3 is 2.28 bits per heavy atom. The molecular weight excluding hydrogens is 666 g/mol. The molecule has 2 aromatic carbocycles. The topological polar surface area (TPSA) is 163 Å². The van der Waals surface area contributed by atoms with E-state index >= 15 is 0 Å². The van der Waals surface area contributed by atoms with Gasteiger partial charge in [0.15, 0.2) is 17.8 Å². The van der Waals surface area contributed by atoms with Gasteiger partial charge in [0.2, 0.25) is 5.91 Å². The SMILES string of the molecule is CC(C)COC(=O)O/N=C(/N)[C@](C)(NC(=O)Cn1nc(-c2ccc(Cl)cc2)n(C[C@H](O)C(F)(F)F)c1=O)c1cccc(C(F)(F)F)c1. The van der Waals surface area contributed by atoms with Gasteiger partial charge in [0.25, 0.3) is 0 Å². The van der Waals surface area contributed by atoms with Crippen molar-refractivity contribution < 1.29 is 50.6 Å². The highest BCUT2D eigenvalue weighted by Gasteiger charge is 2.40. The Bertz CT molecular complexity index is 1670. The zero-order chi connectivity index (χ0) is 35.3. The van der Waals surface area contributed by atoms with Crippen LogP contribution in [0.15, 0.2) is 58.5 Å². The number of amides is 1. The number of hydrogen-bond acceptors (Lipinski definition) is 8. The largest absolute Gasteiger partial charge is 0.535 e. The van der Waals surface area contributed by atoms with Gasteiger partial charge in [-0.1, -0.05) is 42.7 Å². The molecule has 1 amide bonds. The lowest BCUT2D eigenvalue weighted by Gasteiger charge is -2.30. The first kappa shape index (κ1) is 36.9. The molecule has 0 aliphatic carbocycles. The number of ether oxygens (including phenoxy) is 1. The molecule has 0 bridgehead atoms. The maximum atomic E-state index is 13.5. The quantitative estimate of drug-likeness (QED) is 0.0664. The standard InChI is InChI=1S/C28H29ClF6N6O6/c1-15(2)14-46-25(45)47-39-23(36)26(3,17-5-4-6-18(11-17)27(30,31)32)37-21(43)13-41-24(44)40(12-20(42)28(33,34)35)22(38-41)16-7-9-19(29)10-8-16/h4-11,15,20,42H,12-14H2,1-3H3,(H2,36,39)(H,37,43)/t20-,26+/m0/s1. The zero-order valence-electron chi connectivity index (χ0n) is 24.9. The third-order valence-electron chi connectivity index (χ3n) is 6.47. The first-order valence-corrected chi connectivity index (χ1v) is 13.9. The number of nitrogens with zero attached hydrogens (tertiary/aromatic N) is 4. The second-order valence-corrected chi connectivity index (χ2v) is 11.1. The summed E-state index contributed by atoms with van der Waals surface area (Å²) in [6.45, 7) is 2.26. The van der Waals surface area contributed by atoms with Crippen LogP contribution in [-0.2, 0) is 39.2 Å². The highest BCUT2D eigenvalue weighted by atomic mass is 35.5. The van der Waals surface area contributed by atoms with Crippen LogP contribution in [0.4, 0.5) is 31.1 Å². The molecule has 0 aliphatic rings. The number of rotatable bonds is 11. The van der Waals surface area contributed by atoms with E-state index in [1.54, 1.807) is 13.8 Å². The average molecular weight is 695 g/mol. The minimum atomic E-state index is -5.11. The van der Waals surface area contributed by atoms with Crippen LogP contribution < -0.4 is 16.7 Å². The van der Waals surface area contributed by atoms with E-state index in [9.17, 15) is 45.8 Å². The van der Waals surface area contributed by atoms with Crippen LogP contribution in [0.5, 0.6) is 0 Å². The number of oxime groups is 1. The van der Waals surface area contributed by atoms with Gasteiger partial charge >= 0.3 is 24.2 Å². The minimum Gasteiger partial charge on any atom is -0.432 e. The van der Waals surface area contributed by atoms with Crippen molar-refractivity contribution >= 4 is 29.5 Å². The van der Waals surface area contributed by atoms with Gasteiger partial charge in [0.1, 0.15) is 12.1 Å². The fourth-order valence-corrected chi connectivity index (χ4v) is 4.11. The Balaban J connectivity index is 2.02. The molecular formula is C28H29ClF6N6O6. The molecule has 1 aromatic heterocycles. The van der Waals surface area contributed by atoms with E-state index in [-0.39, 0.29) is 34.5 Å². The second-order valence-electron chi connectivity index (χ2n) is 10.7. The van der Waals surface area contributed by atoms with Crippen LogP contribution in [0.2, 0.25) is 5.02 Å². The molecule has 0 radical (unpaired) electrons. The number of amidine groups is 1. The number of aliphatic hydroxyl groups excluding tert-OH is 1. The molecule has 0 saturated carbocycles. The molecule has 19 heteroatoms. The molecule has 0 saturated heterocycles. The number of benzene rings is 2. The Morgan fingerprint density at radius 1 is 1.09 bits per heavy atom. The highest BCUT2D eigenvalue weighted by Crippen LogP contribution is 2.32. The molecule has 1 heterocycles. The average Bonchev–Trinajstić information content (AvgIpc) is 3.28. The van der Waals surface area contributed by atoms with E-state index in [0.717, 1.165) is 25.1 Å². The maximum Gasteiger partial charge on any atom is 0.535 e. The molecule has 0 aliphatic heterocycles. The summed E-state index contributed by atoms with van der Waals surface area (Å²) in [5.41, 5.74) is 1.33. The molecule has 0 fully saturated rings.